The highest BCUT2D eigenvalue weighted by Gasteiger charge is 2.16. The summed E-state index contributed by atoms with van der Waals surface area (Å²) in [6, 6.07) is 68.4. The van der Waals surface area contributed by atoms with Crippen LogP contribution in [0.5, 0.6) is 0 Å². The molecular weight excluding hydrogens is 690 g/mol. The van der Waals surface area contributed by atoms with Gasteiger partial charge in [0.15, 0.2) is 0 Å². The lowest BCUT2D eigenvalue weighted by Crippen LogP contribution is -2.13. The van der Waals surface area contributed by atoms with Gasteiger partial charge in [-0.3, -0.25) is 4.90 Å². The fraction of sp³-hybridized carbons (Fsp3) is 0. The van der Waals surface area contributed by atoms with Gasteiger partial charge in [-0.1, -0.05) is 146 Å². The summed E-state index contributed by atoms with van der Waals surface area (Å²) in [6.07, 6.45) is 0. The van der Waals surface area contributed by atoms with Crippen LogP contribution in [-0.2, 0) is 0 Å². The normalized spacial score (nSPS) is 10.1. The van der Waals surface area contributed by atoms with Gasteiger partial charge in [0.25, 0.3) is 0 Å². The predicted molar refractivity (Wildman–Crippen MR) is 216 cm³/mol. The Morgan fingerprint density at radius 2 is 0.706 bits per heavy atom. The maximum Gasteiger partial charge on any atom is 0.139 e. The lowest BCUT2D eigenvalue weighted by atomic mass is 10.1. The van der Waals surface area contributed by atoms with Gasteiger partial charge in [0.05, 0.1) is 17.1 Å². The number of aromatic nitrogens is 3. The van der Waals surface area contributed by atoms with E-state index in [0.29, 0.717) is 0 Å². The van der Waals surface area contributed by atoms with Crippen molar-refractivity contribution in [1.29, 1.82) is 0 Å². The summed E-state index contributed by atoms with van der Waals surface area (Å²) in [5.41, 5.74) is 13.4. The lowest BCUT2D eigenvalue weighted by molar-refractivity contribution is 1.13. The quantitative estimate of drug-likeness (QED) is 0.136. The number of hydrogen-bond donors (Lipinski definition) is 1. The summed E-state index contributed by atoms with van der Waals surface area (Å²) < 4.78 is 0.869. The van der Waals surface area contributed by atoms with Crippen molar-refractivity contribution in [2.75, 3.05) is 10.6 Å². The van der Waals surface area contributed by atoms with Crippen LogP contribution in [0.1, 0.15) is 0 Å². The Morgan fingerprint density at radius 1 is 0.353 bits per heavy atom. The van der Waals surface area contributed by atoms with Crippen molar-refractivity contribution in [2.24, 2.45) is 0 Å². The molecule has 8 aromatic rings. The largest absolute Gasteiger partial charge is 0.399 e. The molecule has 0 bridgehead atoms. The number of nitrogens with zero attached hydrogens (tertiary/aromatic N) is 4. The second kappa shape index (κ2) is 17.9. The Bertz CT molecular complexity index is 2130. The van der Waals surface area contributed by atoms with Gasteiger partial charge in [0.1, 0.15) is 16.2 Å². The zero-order valence-corrected chi connectivity index (χ0v) is 29.5. The number of anilines is 4. The van der Waals surface area contributed by atoms with Gasteiger partial charge in [-0.05, 0) is 76.6 Å². The number of hydrogen-bond acceptors (Lipinski definition) is 5. The van der Waals surface area contributed by atoms with E-state index in [1.54, 1.807) is 0 Å². The van der Waals surface area contributed by atoms with Gasteiger partial charge in [-0.25, -0.2) is 15.0 Å². The van der Waals surface area contributed by atoms with Crippen molar-refractivity contribution in [2.45, 2.75) is 0 Å². The van der Waals surface area contributed by atoms with E-state index in [4.69, 9.17) is 15.7 Å². The summed E-state index contributed by atoms with van der Waals surface area (Å²) in [7, 11) is 0. The smallest absolute Gasteiger partial charge is 0.139 e. The topological polar surface area (TPSA) is 67.9 Å². The van der Waals surface area contributed by atoms with Crippen LogP contribution >= 0.6 is 15.9 Å². The van der Waals surface area contributed by atoms with Crippen LogP contribution in [0.4, 0.5) is 23.0 Å². The minimum absolute atomic E-state index is 0.822. The summed E-state index contributed by atoms with van der Waals surface area (Å²) in [4.78, 5) is 16.4. The van der Waals surface area contributed by atoms with E-state index in [2.05, 4.69) is 74.3 Å². The van der Waals surface area contributed by atoms with E-state index < -0.39 is 0 Å². The minimum atomic E-state index is 0.822. The molecule has 6 heteroatoms. The van der Waals surface area contributed by atoms with Crippen molar-refractivity contribution in [3.8, 4) is 33.8 Å². The zero-order valence-electron chi connectivity index (χ0n) is 27.9. The average Bonchev–Trinajstić information content (AvgIpc) is 3.21. The number of rotatable bonds is 6. The number of nitrogen functional groups attached to an aromatic ring is 1. The first-order chi connectivity index (χ1) is 25.1. The molecule has 3 heterocycles. The fourth-order valence-electron chi connectivity index (χ4n) is 5.22. The maximum atomic E-state index is 5.36. The molecule has 51 heavy (non-hydrogen) atoms. The first-order valence-electron chi connectivity index (χ1n) is 16.5. The second-order valence-corrected chi connectivity index (χ2v) is 12.1. The predicted octanol–water partition coefficient (Wildman–Crippen LogP) is 12.1. The molecule has 0 amide bonds. The molecule has 0 aliphatic carbocycles. The molecule has 0 aliphatic rings. The highest BCUT2D eigenvalue weighted by atomic mass is 79.9. The molecule has 0 spiro atoms. The van der Waals surface area contributed by atoms with Crippen molar-refractivity contribution >= 4 is 38.9 Å². The monoisotopic (exact) mass is 725 g/mol. The number of nitrogens with two attached hydrogens (primary N) is 1. The molecule has 0 saturated heterocycles. The van der Waals surface area contributed by atoms with Gasteiger partial charge in [0.2, 0.25) is 0 Å². The van der Waals surface area contributed by atoms with Crippen LogP contribution in [0, 0.1) is 0 Å². The standard InChI is InChI=1S/C28H21N3.C11H8BrN.C6H7N/c1-4-12-22(13-5-1)25-18-10-20-27(29-25)31(24-16-8-3-9-17-24)28-21-11-19-26(30-28)23-14-6-2-7-15-23;12-11-8-4-7-10(13-11)9-5-2-1-3-6-9;7-6-4-2-1-3-5-6/h1-21H;1-8H;1-5H,7H2. The molecule has 5 nitrogen and oxygen atoms in total. The Hall–Kier alpha value is -6.37. The Kier molecular flexibility index (Phi) is 12.1. The number of pyridine rings is 3. The molecule has 0 radical (unpaired) electrons. The van der Waals surface area contributed by atoms with Gasteiger partial charge < -0.3 is 5.73 Å². The van der Waals surface area contributed by atoms with E-state index in [0.717, 1.165) is 61.4 Å². The maximum absolute atomic E-state index is 5.36. The van der Waals surface area contributed by atoms with E-state index in [9.17, 15) is 0 Å². The third-order valence-corrected chi connectivity index (χ3v) is 8.11. The summed E-state index contributed by atoms with van der Waals surface area (Å²) in [5.74, 6) is 1.65. The minimum Gasteiger partial charge on any atom is -0.399 e. The third kappa shape index (κ3) is 9.85. The molecule has 0 unspecified atom stereocenters. The van der Waals surface area contributed by atoms with E-state index >= 15 is 0 Å². The van der Waals surface area contributed by atoms with Crippen LogP contribution in [0.25, 0.3) is 33.8 Å². The molecule has 0 saturated carbocycles. The molecule has 0 aliphatic heterocycles. The van der Waals surface area contributed by atoms with E-state index in [1.165, 1.54) is 0 Å². The first kappa shape index (κ1) is 34.5. The van der Waals surface area contributed by atoms with Gasteiger partial charge in [0, 0.05) is 28.1 Å². The highest BCUT2D eigenvalue weighted by Crippen LogP contribution is 2.34. The van der Waals surface area contributed by atoms with Crippen LogP contribution in [-0.4, -0.2) is 15.0 Å². The number of benzene rings is 5. The summed E-state index contributed by atoms with van der Waals surface area (Å²) >= 11 is 3.35. The number of halogens is 1. The molecular formula is C45H36BrN5. The van der Waals surface area contributed by atoms with Crippen molar-refractivity contribution in [1.82, 2.24) is 15.0 Å². The molecule has 5 aromatic carbocycles. The van der Waals surface area contributed by atoms with Crippen LogP contribution in [0.2, 0.25) is 0 Å². The molecule has 8 rings (SSSR count). The van der Waals surface area contributed by atoms with Crippen molar-refractivity contribution in [3.05, 3.63) is 211 Å². The van der Waals surface area contributed by atoms with Crippen LogP contribution < -0.4 is 10.6 Å². The van der Waals surface area contributed by atoms with Crippen LogP contribution in [0.3, 0.4) is 0 Å². The second-order valence-electron chi connectivity index (χ2n) is 11.3. The average molecular weight is 727 g/mol. The van der Waals surface area contributed by atoms with Gasteiger partial charge in [-0.2, -0.15) is 0 Å². The number of para-hydroxylation sites is 2. The fourth-order valence-corrected chi connectivity index (χ4v) is 5.57. The summed E-state index contributed by atoms with van der Waals surface area (Å²) in [6.45, 7) is 0. The molecule has 3 aromatic heterocycles. The SMILES string of the molecule is Brc1cccc(-c2ccccc2)n1.Nc1ccccc1.c1ccc(-c2cccc(N(c3ccccc3)c3cccc(-c4ccccc4)n3)n2)cc1. The first-order valence-corrected chi connectivity index (χ1v) is 17.3. The highest BCUT2D eigenvalue weighted by molar-refractivity contribution is 9.10. The third-order valence-electron chi connectivity index (χ3n) is 7.66. The van der Waals surface area contributed by atoms with Gasteiger partial charge in [-0.15, -0.1) is 0 Å². The van der Waals surface area contributed by atoms with Crippen molar-refractivity contribution in [3.63, 3.8) is 0 Å². The lowest BCUT2D eigenvalue weighted by Gasteiger charge is -2.24. The molecule has 248 valence electrons. The molecule has 2 N–H and O–H groups in total. The molecule has 0 atom stereocenters. The van der Waals surface area contributed by atoms with Crippen LogP contribution in [0.15, 0.2) is 211 Å². The van der Waals surface area contributed by atoms with Crippen molar-refractivity contribution < 1.29 is 0 Å². The van der Waals surface area contributed by atoms with E-state index in [1.807, 2.05) is 158 Å². The Balaban J connectivity index is 0.000000182. The Morgan fingerprint density at radius 3 is 1.08 bits per heavy atom. The zero-order chi connectivity index (χ0) is 35.1. The summed E-state index contributed by atoms with van der Waals surface area (Å²) in [5, 5.41) is 0. The van der Waals surface area contributed by atoms with Gasteiger partial charge >= 0.3 is 0 Å². The van der Waals surface area contributed by atoms with E-state index in [-0.39, 0.29) is 0 Å². The Labute approximate surface area is 307 Å². The molecule has 0 fully saturated rings.